The van der Waals surface area contributed by atoms with Gasteiger partial charge in [0.25, 0.3) is 0 Å². The van der Waals surface area contributed by atoms with Gasteiger partial charge in [-0.15, -0.1) is 0 Å². The maximum atomic E-state index is 8.99. The van der Waals surface area contributed by atoms with Crippen LogP contribution in [0.3, 0.4) is 0 Å². The molecule has 2 atom stereocenters. The fourth-order valence-electron chi connectivity index (χ4n) is 3.97. The van der Waals surface area contributed by atoms with Gasteiger partial charge in [0.15, 0.2) is 0 Å². The van der Waals surface area contributed by atoms with Crippen LogP contribution in [-0.2, 0) is 25.0 Å². The Morgan fingerprint density at radius 1 is 1.19 bits per heavy atom. The Morgan fingerprint density at radius 3 is 2.90 bits per heavy atom. The van der Waals surface area contributed by atoms with Crippen molar-refractivity contribution in [1.29, 1.82) is 0 Å². The van der Waals surface area contributed by atoms with Crippen molar-refractivity contribution in [3.63, 3.8) is 0 Å². The first-order valence-corrected chi connectivity index (χ1v) is 7.79. The molecule has 4 rings (SSSR count). The van der Waals surface area contributed by atoms with Crippen molar-refractivity contribution in [2.24, 2.45) is 5.92 Å². The molecule has 1 heterocycles. The SMILES string of the molecule is OCc1ccc(CNC[C@H]2C[C@@]23CCc2ccccc23)o1. The van der Waals surface area contributed by atoms with Gasteiger partial charge in [-0.3, -0.25) is 0 Å². The third-order valence-corrected chi connectivity index (χ3v) is 5.19. The van der Waals surface area contributed by atoms with Gasteiger partial charge >= 0.3 is 0 Å². The molecule has 110 valence electrons. The zero-order valence-corrected chi connectivity index (χ0v) is 12.1. The highest BCUT2D eigenvalue weighted by molar-refractivity contribution is 5.45. The molecule has 0 radical (unpaired) electrons. The lowest BCUT2D eigenvalue weighted by atomic mass is 9.95. The minimum absolute atomic E-state index is 0.0253. The largest absolute Gasteiger partial charge is 0.462 e. The number of furan rings is 1. The molecule has 1 fully saturated rings. The Bertz CT molecular complexity index is 648. The van der Waals surface area contributed by atoms with E-state index < -0.39 is 0 Å². The second-order valence-corrected chi connectivity index (χ2v) is 6.37. The molecule has 0 unspecified atom stereocenters. The molecule has 21 heavy (non-hydrogen) atoms. The van der Waals surface area contributed by atoms with E-state index in [2.05, 4.69) is 29.6 Å². The van der Waals surface area contributed by atoms with Crippen molar-refractivity contribution in [2.75, 3.05) is 6.54 Å². The van der Waals surface area contributed by atoms with Gasteiger partial charge in [-0.05, 0) is 55.0 Å². The van der Waals surface area contributed by atoms with Gasteiger partial charge in [-0.2, -0.15) is 0 Å². The van der Waals surface area contributed by atoms with E-state index in [0.29, 0.717) is 11.2 Å². The predicted molar refractivity (Wildman–Crippen MR) is 80.9 cm³/mol. The molecule has 0 bridgehead atoms. The lowest BCUT2D eigenvalue weighted by Crippen LogP contribution is -2.20. The van der Waals surface area contributed by atoms with E-state index in [1.165, 1.54) is 19.3 Å². The summed E-state index contributed by atoms with van der Waals surface area (Å²) >= 11 is 0. The van der Waals surface area contributed by atoms with Crippen molar-refractivity contribution < 1.29 is 9.52 Å². The first-order valence-electron chi connectivity index (χ1n) is 7.79. The highest BCUT2D eigenvalue weighted by Crippen LogP contribution is 2.61. The topological polar surface area (TPSA) is 45.4 Å². The van der Waals surface area contributed by atoms with Gasteiger partial charge in [-0.1, -0.05) is 24.3 Å². The van der Waals surface area contributed by atoms with E-state index in [1.807, 2.05) is 12.1 Å². The number of benzene rings is 1. The molecule has 0 aliphatic heterocycles. The number of nitrogens with one attached hydrogen (secondary N) is 1. The quantitative estimate of drug-likeness (QED) is 0.887. The fourth-order valence-corrected chi connectivity index (χ4v) is 3.97. The number of hydrogen-bond acceptors (Lipinski definition) is 3. The van der Waals surface area contributed by atoms with Crippen molar-refractivity contribution >= 4 is 0 Å². The van der Waals surface area contributed by atoms with E-state index >= 15 is 0 Å². The number of hydrogen-bond donors (Lipinski definition) is 2. The van der Waals surface area contributed by atoms with E-state index in [9.17, 15) is 0 Å². The second kappa shape index (κ2) is 5.00. The normalized spacial score (nSPS) is 26.2. The van der Waals surface area contributed by atoms with Crippen LogP contribution in [0.25, 0.3) is 0 Å². The zero-order valence-electron chi connectivity index (χ0n) is 12.1. The molecule has 1 aromatic carbocycles. The van der Waals surface area contributed by atoms with E-state index in [1.54, 1.807) is 11.1 Å². The van der Waals surface area contributed by atoms with Gasteiger partial charge in [0, 0.05) is 5.41 Å². The van der Waals surface area contributed by atoms with Crippen LogP contribution in [0.2, 0.25) is 0 Å². The second-order valence-electron chi connectivity index (χ2n) is 6.37. The Morgan fingerprint density at radius 2 is 2.05 bits per heavy atom. The third-order valence-electron chi connectivity index (χ3n) is 5.19. The molecule has 3 heteroatoms. The molecule has 1 saturated carbocycles. The van der Waals surface area contributed by atoms with Crippen LogP contribution in [0.1, 0.15) is 35.5 Å². The molecular formula is C18H21NO2. The van der Waals surface area contributed by atoms with E-state index in [4.69, 9.17) is 9.52 Å². The highest BCUT2D eigenvalue weighted by Gasteiger charge is 2.57. The zero-order chi connectivity index (χ0) is 14.3. The summed E-state index contributed by atoms with van der Waals surface area (Å²) < 4.78 is 5.50. The van der Waals surface area contributed by atoms with Gasteiger partial charge in [0.05, 0.1) is 6.54 Å². The van der Waals surface area contributed by atoms with Crippen LogP contribution in [0.5, 0.6) is 0 Å². The van der Waals surface area contributed by atoms with Crippen LogP contribution in [-0.4, -0.2) is 11.7 Å². The fraction of sp³-hybridized carbons (Fsp3) is 0.444. The molecule has 0 saturated heterocycles. The van der Waals surface area contributed by atoms with Gasteiger partial charge in [0.1, 0.15) is 18.1 Å². The van der Waals surface area contributed by atoms with Crippen LogP contribution >= 0.6 is 0 Å². The molecular weight excluding hydrogens is 262 g/mol. The molecule has 2 aliphatic carbocycles. The summed E-state index contributed by atoms with van der Waals surface area (Å²) in [4.78, 5) is 0. The molecule has 1 spiro atoms. The maximum Gasteiger partial charge on any atom is 0.129 e. The molecule has 2 aliphatic rings. The summed E-state index contributed by atoms with van der Waals surface area (Å²) in [7, 11) is 0. The smallest absolute Gasteiger partial charge is 0.129 e. The summed E-state index contributed by atoms with van der Waals surface area (Å²) in [6.07, 6.45) is 3.87. The molecule has 0 amide bonds. The van der Waals surface area contributed by atoms with Crippen LogP contribution in [0, 0.1) is 5.92 Å². The number of aliphatic hydroxyl groups excluding tert-OH is 1. The monoisotopic (exact) mass is 283 g/mol. The first-order chi connectivity index (χ1) is 10.3. The summed E-state index contributed by atoms with van der Waals surface area (Å²) in [5.74, 6) is 2.30. The van der Waals surface area contributed by atoms with Crippen LogP contribution in [0.15, 0.2) is 40.8 Å². The maximum absolute atomic E-state index is 8.99. The van der Waals surface area contributed by atoms with Gasteiger partial charge in [0.2, 0.25) is 0 Å². The minimum atomic E-state index is -0.0253. The standard InChI is InChI=1S/C18H21NO2/c20-12-16-6-5-15(21-16)11-19-10-14-9-18(14)8-7-13-3-1-2-4-17(13)18/h1-6,14,19-20H,7-12H2/t14-,18+/m1/s1. The number of fused-ring (bicyclic) bond motifs is 2. The van der Waals surface area contributed by atoms with Gasteiger partial charge < -0.3 is 14.8 Å². The Kier molecular flexibility index (Phi) is 3.12. The van der Waals surface area contributed by atoms with Crippen molar-refractivity contribution in [3.8, 4) is 0 Å². The average molecular weight is 283 g/mol. The number of rotatable bonds is 5. The molecule has 3 nitrogen and oxygen atoms in total. The van der Waals surface area contributed by atoms with E-state index in [-0.39, 0.29) is 6.61 Å². The predicted octanol–water partition coefficient (Wildman–Crippen LogP) is 2.77. The lowest BCUT2D eigenvalue weighted by molar-refractivity contribution is 0.242. The lowest BCUT2D eigenvalue weighted by Gasteiger charge is -2.11. The van der Waals surface area contributed by atoms with E-state index in [0.717, 1.165) is 24.8 Å². The average Bonchev–Trinajstić information content (AvgIpc) is 2.85. The molecule has 1 aromatic heterocycles. The summed E-state index contributed by atoms with van der Waals surface area (Å²) in [6.45, 7) is 1.76. The third kappa shape index (κ3) is 2.21. The van der Waals surface area contributed by atoms with Crippen molar-refractivity contribution in [1.82, 2.24) is 5.32 Å². The van der Waals surface area contributed by atoms with Crippen molar-refractivity contribution in [3.05, 3.63) is 59.0 Å². The summed E-state index contributed by atoms with van der Waals surface area (Å²) in [5.41, 5.74) is 3.61. The van der Waals surface area contributed by atoms with Gasteiger partial charge in [-0.25, -0.2) is 0 Å². The van der Waals surface area contributed by atoms with Crippen LogP contribution in [0.4, 0.5) is 0 Å². The first kappa shape index (κ1) is 13.1. The van der Waals surface area contributed by atoms with Crippen LogP contribution < -0.4 is 5.32 Å². The highest BCUT2D eigenvalue weighted by atomic mass is 16.4. The molecule has 2 aromatic rings. The Hall–Kier alpha value is -1.58. The Labute approximate surface area is 125 Å². The summed E-state index contributed by atoms with van der Waals surface area (Å²) in [5, 5.41) is 12.5. The Balaban J connectivity index is 1.34. The van der Waals surface area contributed by atoms with Crippen molar-refractivity contribution in [2.45, 2.75) is 37.8 Å². The number of aliphatic hydroxyl groups is 1. The minimum Gasteiger partial charge on any atom is -0.462 e. The number of aryl methyl sites for hydroxylation is 1. The summed E-state index contributed by atoms with van der Waals surface area (Å²) in [6, 6.07) is 12.7. The molecule has 2 N–H and O–H groups in total.